The molecule has 3 aromatic rings. The molecule has 0 aliphatic carbocycles. The molecule has 0 unspecified atom stereocenters. The molecule has 0 N–H and O–H groups in total. The van der Waals surface area contributed by atoms with Crippen molar-refractivity contribution in [3.8, 4) is 11.5 Å². The van der Waals surface area contributed by atoms with E-state index in [1.807, 2.05) is 30.3 Å². The van der Waals surface area contributed by atoms with Crippen LogP contribution < -0.4 is 4.74 Å². The third kappa shape index (κ3) is 2.84. The van der Waals surface area contributed by atoms with Gasteiger partial charge in [-0.1, -0.05) is 12.1 Å². The number of aryl methyl sites for hydroxylation is 2. The monoisotopic (exact) mass is 312 g/mol. The minimum Gasteiger partial charge on any atom is -0.457 e. The Kier molecular flexibility index (Phi) is 4.39. The van der Waals surface area contributed by atoms with Crippen LogP contribution in [0.3, 0.4) is 0 Å². The Labute approximate surface area is 136 Å². The van der Waals surface area contributed by atoms with E-state index in [1.54, 1.807) is 0 Å². The fraction of sp³-hybridized carbons (Fsp3) is 0.263. The van der Waals surface area contributed by atoms with E-state index in [2.05, 4.69) is 36.6 Å². The summed E-state index contributed by atoms with van der Waals surface area (Å²) in [5, 5.41) is 1.24. The highest BCUT2D eigenvalue weighted by Gasteiger charge is 2.11. The first kappa shape index (κ1) is 15.0. The number of nitrogens with zero attached hydrogens (tertiary/aromatic N) is 1. The predicted octanol–water partition coefficient (Wildman–Crippen LogP) is 5.48. The van der Waals surface area contributed by atoms with Crippen LogP contribution in [0, 0.1) is 19.9 Å². The zero-order valence-corrected chi connectivity index (χ0v) is 13.7. The summed E-state index contributed by atoms with van der Waals surface area (Å²) in [6.07, 6.45) is 0.977. The average Bonchev–Trinajstić information content (AvgIpc) is 2.78. The van der Waals surface area contributed by atoms with Gasteiger partial charge < -0.3 is 9.30 Å². The quantitative estimate of drug-likeness (QED) is 0.569. The van der Waals surface area contributed by atoms with E-state index in [0.717, 1.165) is 24.5 Å². The lowest BCUT2D eigenvalue weighted by atomic mass is 10.1. The highest BCUT2D eigenvalue weighted by Crippen LogP contribution is 2.31. The van der Waals surface area contributed by atoms with Gasteiger partial charge in [-0.3, -0.25) is 0 Å². The van der Waals surface area contributed by atoms with Crippen molar-refractivity contribution in [3.63, 3.8) is 0 Å². The minimum atomic E-state index is 0.685. The summed E-state index contributed by atoms with van der Waals surface area (Å²) in [5.74, 6) is 2.37. The van der Waals surface area contributed by atoms with E-state index in [1.165, 1.54) is 22.2 Å². The van der Waals surface area contributed by atoms with Crippen LogP contribution >= 0.6 is 11.6 Å². The Morgan fingerprint density at radius 3 is 2.59 bits per heavy atom. The van der Waals surface area contributed by atoms with Gasteiger partial charge in [0.25, 0.3) is 0 Å². The maximum Gasteiger partial charge on any atom is 0.128 e. The lowest BCUT2D eigenvalue weighted by Crippen LogP contribution is -2.00. The Morgan fingerprint density at radius 2 is 1.86 bits per heavy atom. The maximum absolute atomic E-state index is 5.92. The Balaban J connectivity index is 1.98. The summed E-state index contributed by atoms with van der Waals surface area (Å²) in [6, 6.07) is 16.8. The molecule has 3 heteroatoms. The van der Waals surface area contributed by atoms with Gasteiger partial charge in [-0.15, -0.1) is 11.6 Å². The second-order valence-electron chi connectivity index (χ2n) is 5.42. The van der Waals surface area contributed by atoms with Crippen molar-refractivity contribution >= 4 is 22.5 Å². The van der Waals surface area contributed by atoms with Crippen molar-refractivity contribution < 1.29 is 4.74 Å². The molecule has 1 aromatic heterocycles. The second kappa shape index (κ2) is 6.45. The Morgan fingerprint density at radius 1 is 1.09 bits per heavy atom. The molecule has 0 amide bonds. The molecular formula is C19H19ClNO. The number of rotatable bonds is 5. The SMILES string of the molecule is Cc1c(C)n(CCCCl)c2ccc(Oc3cc[c]cc3)cc12. The van der Waals surface area contributed by atoms with Crippen LogP contribution in [-0.2, 0) is 6.54 Å². The molecule has 1 heterocycles. The summed E-state index contributed by atoms with van der Waals surface area (Å²) in [4.78, 5) is 0. The molecule has 0 aliphatic rings. The first-order valence-corrected chi connectivity index (χ1v) is 8.03. The lowest BCUT2D eigenvalue weighted by molar-refractivity contribution is 0.483. The molecule has 22 heavy (non-hydrogen) atoms. The average molecular weight is 313 g/mol. The number of fused-ring (bicyclic) bond motifs is 1. The standard InChI is InChI=1S/C19H19ClNO/c1-14-15(2)21(12-6-11-20)19-10-9-17(13-18(14)19)22-16-7-4-3-5-8-16/h4-5,7-10,13H,6,11-12H2,1-2H3. The van der Waals surface area contributed by atoms with Crippen molar-refractivity contribution in [3.05, 3.63) is 59.8 Å². The van der Waals surface area contributed by atoms with E-state index in [0.29, 0.717) is 5.88 Å². The molecule has 0 fully saturated rings. The molecule has 0 saturated heterocycles. The van der Waals surface area contributed by atoms with Gasteiger partial charge in [0.05, 0.1) is 0 Å². The van der Waals surface area contributed by atoms with Crippen LogP contribution in [0.15, 0.2) is 42.5 Å². The summed E-state index contributed by atoms with van der Waals surface area (Å²) in [6.45, 7) is 5.28. The van der Waals surface area contributed by atoms with E-state index < -0.39 is 0 Å². The van der Waals surface area contributed by atoms with Crippen LogP contribution in [0.4, 0.5) is 0 Å². The van der Waals surface area contributed by atoms with E-state index in [-0.39, 0.29) is 0 Å². The second-order valence-corrected chi connectivity index (χ2v) is 5.80. The molecular weight excluding hydrogens is 294 g/mol. The number of halogens is 1. The number of benzene rings is 2. The molecule has 113 valence electrons. The summed E-state index contributed by atoms with van der Waals surface area (Å²) < 4.78 is 8.26. The first-order chi connectivity index (χ1) is 10.7. The number of alkyl halides is 1. The summed E-state index contributed by atoms with van der Waals surface area (Å²) in [5.41, 5.74) is 3.84. The van der Waals surface area contributed by atoms with Crippen LogP contribution in [0.25, 0.3) is 10.9 Å². The van der Waals surface area contributed by atoms with Crippen LogP contribution in [0.1, 0.15) is 17.7 Å². The van der Waals surface area contributed by atoms with Gasteiger partial charge in [-0.25, -0.2) is 0 Å². The third-order valence-corrected chi connectivity index (χ3v) is 4.32. The Bertz CT molecular complexity index is 777. The number of hydrogen-bond acceptors (Lipinski definition) is 1. The van der Waals surface area contributed by atoms with Gasteiger partial charge in [0, 0.05) is 29.0 Å². The Hall–Kier alpha value is -1.93. The lowest BCUT2D eigenvalue weighted by Gasteiger charge is -2.08. The smallest absolute Gasteiger partial charge is 0.128 e. The van der Waals surface area contributed by atoms with Crippen molar-refractivity contribution in [1.82, 2.24) is 4.57 Å². The van der Waals surface area contributed by atoms with Crippen molar-refractivity contribution in [2.75, 3.05) is 5.88 Å². The number of hydrogen-bond donors (Lipinski definition) is 0. The van der Waals surface area contributed by atoms with Gasteiger partial charge in [0.1, 0.15) is 11.5 Å². The molecule has 1 radical (unpaired) electrons. The molecule has 0 saturated carbocycles. The first-order valence-electron chi connectivity index (χ1n) is 7.50. The van der Waals surface area contributed by atoms with Crippen LogP contribution in [0.5, 0.6) is 11.5 Å². The van der Waals surface area contributed by atoms with Crippen molar-refractivity contribution in [1.29, 1.82) is 0 Å². The van der Waals surface area contributed by atoms with E-state index in [4.69, 9.17) is 16.3 Å². The fourth-order valence-corrected chi connectivity index (χ4v) is 2.89. The van der Waals surface area contributed by atoms with Gasteiger partial charge >= 0.3 is 0 Å². The van der Waals surface area contributed by atoms with Gasteiger partial charge in [-0.2, -0.15) is 0 Å². The molecule has 2 nitrogen and oxygen atoms in total. The van der Waals surface area contributed by atoms with Gasteiger partial charge in [0.2, 0.25) is 0 Å². The molecule has 0 aliphatic heterocycles. The normalized spacial score (nSPS) is 11.0. The zero-order valence-electron chi connectivity index (χ0n) is 12.9. The van der Waals surface area contributed by atoms with Crippen molar-refractivity contribution in [2.45, 2.75) is 26.8 Å². The van der Waals surface area contributed by atoms with E-state index >= 15 is 0 Å². The topological polar surface area (TPSA) is 14.2 Å². The van der Waals surface area contributed by atoms with Crippen LogP contribution in [0.2, 0.25) is 0 Å². The summed E-state index contributed by atoms with van der Waals surface area (Å²) >= 11 is 5.84. The molecule has 0 atom stereocenters. The number of ether oxygens (including phenoxy) is 1. The molecule has 3 rings (SSSR count). The predicted molar refractivity (Wildman–Crippen MR) is 92.1 cm³/mol. The third-order valence-electron chi connectivity index (χ3n) is 4.05. The maximum atomic E-state index is 5.92. The molecule has 0 bridgehead atoms. The highest BCUT2D eigenvalue weighted by molar-refractivity contribution is 6.17. The number of aromatic nitrogens is 1. The fourth-order valence-electron chi connectivity index (χ4n) is 2.77. The largest absolute Gasteiger partial charge is 0.457 e. The van der Waals surface area contributed by atoms with Gasteiger partial charge in [-0.05, 0) is 62.2 Å². The minimum absolute atomic E-state index is 0.685. The highest BCUT2D eigenvalue weighted by atomic mass is 35.5. The zero-order chi connectivity index (χ0) is 15.5. The van der Waals surface area contributed by atoms with Gasteiger partial charge in [0.15, 0.2) is 0 Å². The van der Waals surface area contributed by atoms with Crippen LogP contribution in [-0.4, -0.2) is 10.4 Å². The van der Waals surface area contributed by atoms with E-state index in [9.17, 15) is 0 Å². The molecule has 2 aromatic carbocycles. The summed E-state index contributed by atoms with van der Waals surface area (Å²) in [7, 11) is 0. The van der Waals surface area contributed by atoms with Crippen molar-refractivity contribution in [2.24, 2.45) is 0 Å². The molecule has 0 spiro atoms.